The van der Waals surface area contributed by atoms with Crippen molar-refractivity contribution in [3.05, 3.63) is 0 Å². The van der Waals surface area contributed by atoms with Gasteiger partial charge < -0.3 is 77.3 Å². The van der Waals surface area contributed by atoms with E-state index in [1.807, 2.05) is 152 Å². The number of aliphatic hydroxyl groups is 4. The maximum atomic E-state index is 14.0. The molecule has 4 N–H and O–H groups in total. The van der Waals surface area contributed by atoms with Crippen LogP contribution in [0, 0.1) is 125 Å². The first kappa shape index (κ1) is 128. The van der Waals surface area contributed by atoms with Gasteiger partial charge in [-0.05, 0) is 384 Å². The molecule has 12 bridgehead atoms. The Hall–Kier alpha value is -6.38. The van der Waals surface area contributed by atoms with Crippen molar-refractivity contribution in [2.45, 2.75) is 522 Å². The summed E-state index contributed by atoms with van der Waals surface area (Å²) in [6.45, 7) is 65.4. The molecule has 17 rings (SSSR count). The van der Waals surface area contributed by atoms with Crippen LogP contribution in [0.2, 0.25) is 0 Å². The van der Waals surface area contributed by atoms with E-state index in [2.05, 4.69) is 44.1 Å². The van der Waals surface area contributed by atoms with Crippen molar-refractivity contribution in [2.75, 3.05) is 26.4 Å². The van der Waals surface area contributed by atoms with E-state index in [1.165, 1.54) is 46.0 Å². The molecule has 4 heterocycles. The minimum absolute atomic E-state index is 0.0249. The molecule has 32 heteroatoms. The number of hydrogen-bond donors (Lipinski definition) is 4. The lowest BCUT2D eigenvalue weighted by Crippen LogP contribution is -2.70. The van der Waals surface area contributed by atoms with Crippen LogP contribution in [0.3, 0.4) is 0 Å². The molecular formula is C117H193F5O27. The maximum Gasteiger partial charge on any atom is 0.449 e. The third kappa shape index (κ3) is 27.4. The molecule has 0 aromatic carbocycles. The molecule has 4 aliphatic heterocycles. The third-order valence-corrected chi connectivity index (χ3v) is 39.2. The second-order valence-corrected chi connectivity index (χ2v) is 55.0. The van der Waals surface area contributed by atoms with E-state index in [0.29, 0.717) is 114 Å². The molecule has 858 valence electrons. The minimum atomic E-state index is -5.74. The fourth-order valence-electron chi connectivity index (χ4n) is 25.4. The van der Waals surface area contributed by atoms with Crippen molar-refractivity contribution in [3.63, 3.8) is 0 Å². The van der Waals surface area contributed by atoms with Gasteiger partial charge >= 0.3 is 83.5 Å². The van der Waals surface area contributed by atoms with Gasteiger partial charge in [-0.3, -0.25) is 38.4 Å². The molecule has 18 unspecified atom stereocenters. The Kier molecular flexibility index (Phi) is 39.2. The summed E-state index contributed by atoms with van der Waals surface area (Å²) in [6.07, 6.45) is 20.2. The van der Waals surface area contributed by atoms with Crippen molar-refractivity contribution in [3.8, 4) is 0 Å². The molecule has 149 heavy (non-hydrogen) atoms. The lowest BCUT2D eigenvalue weighted by Gasteiger charge is -2.70. The van der Waals surface area contributed by atoms with Crippen LogP contribution < -0.4 is 0 Å². The number of carbonyl (C=O) groups excluding carboxylic acids is 11. The van der Waals surface area contributed by atoms with Crippen LogP contribution in [0.1, 0.15) is 441 Å². The van der Waals surface area contributed by atoms with Gasteiger partial charge in [0.2, 0.25) is 23.9 Å². The average molecular weight is 2130 g/mol. The second kappa shape index (κ2) is 45.7. The van der Waals surface area contributed by atoms with Crippen LogP contribution in [0.4, 0.5) is 22.0 Å². The number of hydrogen-bond acceptors (Lipinski definition) is 27. The van der Waals surface area contributed by atoms with E-state index in [4.69, 9.17) is 47.4 Å². The van der Waals surface area contributed by atoms with E-state index < -0.39 is 133 Å². The lowest BCUT2D eigenvalue weighted by atomic mass is 9.37. The highest BCUT2D eigenvalue weighted by molar-refractivity contribution is 5.85. The van der Waals surface area contributed by atoms with Gasteiger partial charge in [-0.1, -0.05) is 96.9 Å². The van der Waals surface area contributed by atoms with Gasteiger partial charge in [0, 0.05) is 41.4 Å². The largest absolute Gasteiger partial charge is 0.463 e. The number of cyclic esters (lactones) is 3. The molecule has 0 radical (unpaired) electrons. The normalized spacial score (nSPS) is 35.0. The van der Waals surface area contributed by atoms with Crippen molar-refractivity contribution in [1.29, 1.82) is 0 Å². The van der Waals surface area contributed by atoms with E-state index in [-0.39, 0.29) is 86.7 Å². The molecule has 13 saturated carbocycles. The summed E-state index contributed by atoms with van der Waals surface area (Å²) < 4.78 is 129. The number of halogens is 5. The summed E-state index contributed by atoms with van der Waals surface area (Å²) >= 11 is 0. The van der Waals surface area contributed by atoms with Crippen molar-refractivity contribution < 1.29 is 152 Å². The number of alkyl halides is 5. The number of rotatable bonds is 28. The quantitative estimate of drug-likeness (QED) is 0.0245. The first-order chi connectivity index (χ1) is 67.8. The molecular weight excluding hydrogens is 1930 g/mol. The minimum Gasteiger partial charge on any atom is -0.463 e. The molecule has 0 spiro atoms. The number of fused-ring (bicyclic) bond motifs is 9. The monoisotopic (exact) mass is 2130 g/mol. The van der Waals surface area contributed by atoms with Crippen molar-refractivity contribution in [2.24, 2.45) is 125 Å². The number of ether oxygens (including phenoxy) is 12. The molecule has 0 aromatic heterocycles. The Balaban J connectivity index is 0.000000209. The number of esters is 11. The Morgan fingerprint density at radius 3 is 1.09 bits per heavy atom. The average Bonchev–Trinajstić information content (AvgIpc) is 1.52. The first-order valence-electron chi connectivity index (χ1n) is 56.1. The highest BCUT2D eigenvalue weighted by atomic mass is 19.4. The van der Waals surface area contributed by atoms with Crippen LogP contribution in [-0.4, -0.2) is 194 Å². The van der Waals surface area contributed by atoms with Crippen LogP contribution >= 0.6 is 0 Å². The summed E-state index contributed by atoms with van der Waals surface area (Å²) in [5, 5.41) is 42.0. The standard InChI is InChI=1S/C22H38O4.C20H32O2.C16H26O3.C15H28O2.C12H17F5O4.C12H20O4.2C10H16O4/c1-8-17(2,3)16(23)26-22-11-15-9-20(13-22,18(4,5)24)12-21(10-15,14-22)19(6,7)25;1-5-19(3,4)18(21)22-20(6-2)11-14-10-15(20)17-13-8-7-12(9-13)16(14)17;1-4-14(2,3)13(17)19-16-8-11-5-12(9-16)7-15(18,6-11)10-16;1-7-14(5,6)13(16)17-15(8-2)9-11(3)12(4)10-15;1-5-8(2,3)7(18)21-9(4)6-20-11(19,10(9,13)14)12(15,16)17;1-6-11(2,3)10(14)16-8-9(13)15-7-12(8,4)5;2*1-4-10(2,3)9(12)14-7-5-6-13-8(7)11/h15,24-25H,8-14H2,1-7H3;12-17H,5-11H2,1-4H3;11-12,18H,4-10H2,1-3H3;11-12H,7-10H2,1-6H3;19H,5-6H2,1-4H3;8H,6-7H2,1-5H3;2*7H,4-6H2,1-3H3. The van der Waals surface area contributed by atoms with Crippen LogP contribution in [0.15, 0.2) is 0 Å². The van der Waals surface area contributed by atoms with E-state index in [0.717, 1.165) is 139 Å². The lowest BCUT2D eigenvalue weighted by molar-refractivity contribution is -0.409. The zero-order valence-corrected chi connectivity index (χ0v) is 97.4. The summed E-state index contributed by atoms with van der Waals surface area (Å²) in [5.74, 6) is -4.94. The van der Waals surface area contributed by atoms with Gasteiger partial charge in [0.05, 0.1) is 79.9 Å². The summed E-state index contributed by atoms with van der Waals surface area (Å²) in [4.78, 5) is 131. The Bertz CT molecular complexity index is 4590. The van der Waals surface area contributed by atoms with Crippen LogP contribution in [0.25, 0.3) is 0 Å². The Morgan fingerprint density at radius 2 is 0.745 bits per heavy atom. The van der Waals surface area contributed by atoms with Crippen molar-refractivity contribution >= 4 is 65.7 Å². The fraction of sp³-hybridized carbons (Fsp3) is 0.906. The summed E-state index contributed by atoms with van der Waals surface area (Å²) in [5.41, 5.74) is -11.8. The molecule has 27 nitrogen and oxygen atoms in total. The van der Waals surface area contributed by atoms with Crippen LogP contribution in [0.5, 0.6) is 0 Å². The maximum absolute atomic E-state index is 14.0. The smallest absolute Gasteiger partial charge is 0.449 e. The molecule has 13 aliphatic carbocycles. The van der Waals surface area contributed by atoms with Gasteiger partial charge in [-0.2, -0.15) is 22.0 Å². The highest BCUT2D eigenvalue weighted by Crippen LogP contribution is 2.74. The number of carbonyl (C=O) groups is 11. The van der Waals surface area contributed by atoms with Gasteiger partial charge in [-0.25, -0.2) is 14.4 Å². The predicted molar refractivity (Wildman–Crippen MR) is 550 cm³/mol. The van der Waals surface area contributed by atoms with Crippen molar-refractivity contribution in [1.82, 2.24) is 0 Å². The van der Waals surface area contributed by atoms with E-state index >= 15 is 0 Å². The summed E-state index contributed by atoms with van der Waals surface area (Å²) in [6, 6.07) is 0. The first-order valence-corrected chi connectivity index (χ1v) is 56.1. The Labute approximate surface area is 886 Å². The molecule has 0 amide bonds. The zero-order chi connectivity index (χ0) is 114. The topological polar surface area (TPSA) is 379 Å². The zero-order valence-electron chi connectivity index (χ0n) is 97.4. The molecule has 0 aromatic rings. The molecule has 4 saturated heterocycles. The predicted octanol–water partition coefficient (Wildman–Crippen LogP) is 23.4. The molecule has 18 atom stereocenters. The van der Waals surface area contributed by atoms with E-state index in [9.17, 15) is 95.1 Å². The summed E-state index contributed by atoms with van der Waals surface area (Å²) in [7, 11) is 0. The second-order valence-electron chi connectivity index (χ2n) is 55.0. The molecule has 17 aliphatic rings. The SMILES string of the molecule is CCC(C)(C)C(=O)OC1(C)COC(O)(C(F)(F)F)C1(F)F.CCC(C)(C)C(=O)OC1(CC)CC2CC1C1C3CCC(C3)C21.CCC(C)(C)C(=O)OC12CC3CC(C(C)(C)O)(C1)CC(C(C)(C)O)(C3)C2.CCC(C)(C)C(=O)OC12CC3CC(CC(O)(C3)C1)C2.CCC(C)(C)C(=O)OC1C(=O)OCC1(C)C.CCC(C)(C)C(=O)OC1CCOC1=O.CCC(C)(C)C(=O)OC1CCOC1=O.CCC1(OC(=O)C(C)(C)CC)CC(C)C(C)C1. The van der Waals surface area contributed by atoms with E-state index in [1.54, 1.807) is 34.6 Å². The third-order valence-electron chi connectivity index (χ3n) is 39.2. The highest BCUT2D eigenvalue weighted by Gasteiger charge is 2.83. The fourth-order valence-corrected chi connectivity index (χ4v) is 25.4. The van der Waals surface area contributed by atoms with Crippen LogP contribution in [-0.2, 0) is 110 Å². The Morgan fingerprint density at radius 1 is 0.376 bits per heavy atom. The van der Waals surface area contributed by atoms with Gasteiger partial charge in [0.15, 0.2) is 0 Å². The van der Waals surface area contributed by atoms with Gasteiger partial charge in [0.1, 0.15) is 29.0 Å². The van der Waals surface area contributed by atoms with Gasteiger partial charge in [-0.15, -0.1) is 0 Å². The van der Waals surface area contributed by atoms with Gasteiger partial charge in [0.25, 0.3) is 0 Å². The molecule has 17 fully saturated rings.